The smallest absolute Gasteiger partial charge is 0.163 e. The molecule has 0 amide bonds. The minimum atomic E-state index is -1.43. The number of piperidine rings is 2. The molecule has 33 heavy (non-hydrogen) atoms. The van der Waals surface area contributed by atoms with Crippen molar-refractivity contribution >= 4 is 10.9 Å². The Balaban J connectivity index is 1.57. The van der Waals surface area contributed by atoms with Gasteiger partial charge in [0.05, 0.1) is 12.1 Å². The van der Waals surface area contributed by atoms with E-state index < -0.39 is 37.3 Å². The molecule has 2 aromatic rings. The third kappa shape index (κ3) is 3.12. The normalized spacial score (nSPS) is 42.3. The van der Waals surface area contributed by atoms with Crippen molar-refractivity contribution in [3.63, 3.8) is 0 Å². The molecule has 3 saturated heterocycles. The van der Waals surface area contributed by atoms with Crippen LogP contribution in [0, 0.1) is 11.8 Å². The molecule has 4 fully saturated rings. The van der Waals surface area contributed by atoms with Crippen LogP contribution in [0.2, 0.25) is 0 Å². The monoisotopic (exact) mass is 458 g/mol. The Labute approximate surface area is 193 Å². The molecule has 180 valence electrons. The van der Waals surface area contributed by atoms with E-state index in [9.17, 15) is 25.5 Å². The maximum atomic E-state index is 11.0. The Morgan fingerprint density at radius 1 is 1.09 bits per heavy atom. The highest BCUT2D eigenvalue weighted by atomic mass is 16.6. The van der Waals surface area contributed by atoms with Crippen LogP contribution in [-0.4, -0.2) is 85.2 Å². The minimum Gasteiger partial charge on any atom is -0.508 e. The van der Waals surface area contributed by atoms with Crippen molar-refractivity contribution in [2.24, 2.45) is 11.8 Å². The number of phenolic OH excluding ortho intramolecular Hbond substituents is 1. The number of benzene rings is 1. The summed E-state index contributed by atoms with van der Waals surface area (Å²) in [5.74, 6) is 1.70. The molecule has 1 aromatic heterocycles. The summed E-state index contributed by atoms with van der Waals surface area (Å²) in [6, 6.07) is 5.69. The van der Waals surface area contributed by atoms with Crippen LogP contribution in [0.25, 0.3) is 10.9 Å². The van der Waals surface area contributed by atoms with Gasteiger partial charge in [-0.2, -0.15) is 0 Å². The summed E-state index contributed by atoms with van der Waals surface area (Å²) in [7, 11) is 0. The number of fused-ring (bicyclic) bond motifs is 4. The highest BCUT2D eigenvalue weighted by Crippen LogP contribution is 2.53. The van der Waals surface area contributed by atoms with Crippen molar-refractivity contribution in [2.75, 3.05) is 19.7 Å². The number of hydrogen-bond acceptors (Lipinski definition) is 7. The number of aliphatic hydroxyl groups excluding tert-OH is 4. The fourth-order valence-corrected chi connectivity index (χ4v) is 7.45. The van der Waals surface area contributed by atoms with Crippen LogP contribution in [0.5, 0.6) is 5.75 Å². The number of phenols is 1. The van der Waals surface area contributed by atoms with Crippen LogP contribution in [0.4, 0.5) is 0 Å². The molecule has 4 aliphatic heterocycles. The summed E-state index contributed by atoms with van der Waals surface area (Å²) in [5, 5.41) is 53.0. The molecule has 5 heterocycles. The molecule has 8 heteroatoms. The lowest BCUT2D eigenvalue weighted by atomic mass is 9.65. The number of ether oxygens (including phenoxy) is 1. The third-order valence-electron chi connectivity index (χ3n) is 8.81. The van der Waals surface area contributed by atoms with Gasteiger partial charge in [0, 0.05) is 36.1 Å². The van der Waals surface area contributed by atoms with Gasteiger partial charge in [-0.3, -0.25) is 4.90 Å². The van der Waals surface area contributed by atoms with Crippen molar-refractivity contribution in [1.29, 1.82) is 0 Å². The number of hydrogen-bond donors (Lipinski definition) is 5. The number of aromatic nitrogens is 1. The van der Waals surface area contributed by atoms with Gasteiger partial charge in [-0.25, -0.2) is 0 Å². The summed E-state index contributed by atoms with van der Waals surface area (Å²) < 4.78 is 8.08. The van der Waals surface area contributed by atoms with Crippen LogP contribution in [0.3, 0.4) is 0 Å². The van der Waals surface area contributed by atoms with Gasteiger partial charge in [0.25, 0.3) is 0 Å². The van der Waals surface area contributed by atoms with Crippen molar-refractivity contribution in [1.82, 2.24) is 9.47 Å². The van der Waals surface area contributed by atoms with E-state index in [0.29, 0.717) is 17.9 Å². The zero-order valence-electron chi connectivity index (χ0n) is 18.9. The van der Waals surface area contributed by atoms with Crippen LogP contribution in [0.1, 0.15) is 49.6 Å². The summed E-state index contributed by atoms with van der Waals surface area (Å²) in [5.41, 5.74) is 3.13. The number of aliphatic hydroxyl groups is 4. The molecular weight excluding hydrogens is 424 g/mol. The first-order chi connectivity index (χ1) is 15.9. The molecule has 0 spiro atoms. The second-order valence-corrected chi connectivity index (χ2v) is 10.5. The van der Waals surface area contributed by atoms with E-state index in [1.165, 1.54) is 12.0 Å². The molecule has 1 aromatic carbocycles. The van der Waals surface area contributed by atoms with Gasteiger partial charge in [-0.15, -0.1) is 0 Å². The predicted octanol–water partition coefficient (Wildman–Crippen LogP) is 1.08. The average Bonchev–Trinajstić information content (AvgIpc) is 3.08. The van der Waals surface area contributed by atoms with Gasteiger partial charge in [0.1, 0.15) is 30.2 Å². The zero-order valence-corrected chi connectivity index (χ0v) is 18.9. The standard InChI is InChI=1S/C25H34N2O6/c1-2-13-7-12-8-17-20(13)26(10-12)6-5-15-16-9-14(29)3-4-18(16)27(21(15)17)25-24(32)23(31)22(30)19(11-28)33-25/h3-4,9,12-13,17,19-20,22-25,28-32H,2,5-8,10-11H2,1H3/t12-,13-,17+,19?,20?,22+,23-,24?,25-/m0/s1. The molecule has 8 nitrogen and oxygen atoms in total. The highest BCUT2D eigenvalue weighted by Gasteiger charge is 2.51. The Hall–Kier alpha value is -1.68. The van der Waals surface area contributed by atoms with E-state index in [1.54, 1.807) is 12.1 Å². The average molecular weight is 459 g/mol. The van der Waals surface area contributed by atoms with Crippen molar-refractivity contribution in [3.8, 4) is 5.75 Å². The number of aromatic hydroxyl groups is 1. The van der Waals surface area contributed by atoms with E-state index in [0.717, 1.165) is 48.9 Å². The van der Waals surface area contributed by atoms with Gasteiger partial charge in [-0.1, -0.05) is 13.3 Å². The molecule has 1 aliphatic carbocycles. The maximum Gasteiger partial charge on any atom is 0.163 e. The molecule has 4 unspecified atom stereocenters. The largest absolute Gasteiger partial charge is 0.508 e. The van der Waals surface area contributed by atoms with E-state index in [1.807, 2.05) is 10.6 Å². The van der Waals surface area contributed by atoms with E-state index >= 15 is 0 Å². The van der Waals surface area contributed by atoms with Gasteiger partial charge in [0.2, 0.25) is 0 Å². The predicted molar refractivity (Wildman–Crippen MR) is 121 cm³/mol. The SMILES string of the molecule is CC[C@H]1C[C@H]2C[C@H]3c4c(c5cc(O)ccc5n4[C@H]4OC(CO)[C@@H](O)[C@H](O)C4O)CCN(C2)C13. The van der Waals surface area contributed by atoms with Gasteiger partial charge in [0.15, 0.2) is 6.23 Å². The van der Waals surface area contributed by atoms with Gasteiger partial charge < -0.3 is 34.8 Å². The Morgan fingerprint density at radius 2 is 1.91 bits per heavy atom. The van der Waals surface area contributed by atoms with E-state index in [-0.39, 0.29) is 11.7 Å². The van der Waals surface area contributed by atoms with Crippen molar-refractivity contribution in [3.05, 3.63) is 29.5 Å². The van der Waals surface area contributed by atoms with E-state index in [4.69, 9.17) is 4.74 Å². The quantitative estimate of drug-likeness (QED) is 0.467. The molecule has 7 rings (SSSR count). The van der Waals surface area contributed by atoms with Crippen LogP contribution < -0.4 is 0 Å². The van der Waals surface area contributed by atoms with Gasteiger partial charge >= 0.3 is 0 Å². The Bertz CT molecular complexity index is 1050. The lowest BCUT2D eigenvalue weighted by molar-refractivity contribution is -0.251. The highest BCUT2D eigenvalue weighted by molar-refractivity contribution is 5.87. The lowest BCUT2D eigenvalue weighted by Gasteiger charge is -2.54. The van der Waals surface area contributed by atoms with Crippen molar-refractivity contribution in [2.45, 2.75) is 75.2 Å². The second-order valence-electron chi connectivity index (χ2n) is 10.5. The molecule has 5 N–H and O–H groups in total. The zero-order chi connectivity index (χ0) is 23.0. The van der Waals surface area contributed by atoms with Crippen LogP contribution >= 0.6 is 0 Å². The molecule has 4 bridgehead atoms. The lowest BCUT2D eigenvalue weighted by Crippen LogP contribution is -2.58. The molecule has 0 radical (unpaired) electrons. The molecule has 1 saturated carbocycles. The fraction of sp³-hybridized carbons (Fsp3) is 0.680. The summed E-state index contributed by atoms with van der Waals surface area (Å²) in [6.45, 7) is 3.91. The first-order valence-electron chi connectivity index (χ1n) is 12.3. The van der Waals surface area contributed by atoms with Crippen LogP contribution in [-0.2, 0) is 11.2 Å². The maximum absolute atomic E-state index is 11.0. The first-order valence-corrected chi connectivity index (χ1v) is 12.3. The molecule has 5 aliphatic rings. The fourth-order valence-electron chi connectivity index (χ4n) is 7.45. The minimum absolute atomic E-state index is 0.191. The van der Waals surface area contributed by atoms with Gasteiger partial charge in [-0.05, 0) is 54.9 Å². The summed E-state index contributed by atoms with van der Waals surface area (Å²) >= 11 is 0. The summed E-state index contributed by atoms with van der Waals surface area (Å²) in [4.78, 5) is 2.64. The second kappa shape index (κ2) is 7.93. The van der Waals surface area contributed by atoms with Crippen LogP contribution in [0.15, 0.2) is 18.2 Å². The summed E-state index contributed by atoms with van der Waals surface area (Å²) in [6.07, 6.45) is -1.78. The number of rotatable bonds is 3. The van der Waals surface area contributed by atoms with Crippen molar-refractivity contribution < 1.29 is 30.3 Å². The topological polar surface area (TPSA) is 119 Å². The third-order valence-corrected chi connectivity index (χ3v) is 8.81. The Morgan fingerprint density at radius 3 is 2.67 bits per heavy atom. The van der Waals surface area contributed by atoms with E-state index in [2.05, 4.69) is 11.8 Å². The molecular formula is C25H34N2O6. The molecule has 10 atom stereocenters. The first kappa shape index (κ1) is 21.8. The Kier molecular flexibility index (Phi) is 5.25. The number of nitrogens with zero attached hydrogens (tertiary/aromatic N) is 2.